The Labute approximate surface area is 103 Å². The zero-order chi connectivity index (χ0) is 12.3. The molecule has 1 unspecified atom stereocenters. The Morgan fingerprint density at radius 2 is 2.06 bits per heavy atom. The number of benzene rings is 1. The number of hydrogen-bond acceptors (Lipinski definition) is 2. The fraction of sp³-hybridized carbons (Fsp3) is 0.500. The molecule has 3 heteroatoms. The van der Waals surface area contributed by atoms with E-state index in [2.05, 4.69) is 5.32 Å². The minimum absolute atomic E-state index is 0.0730. The molecule has 1 aromatic carbocycles. The molecule has 2 rings (SSSR count). The van der Waals surface area contributed by atoms with E-state index in [0.29, 0.717) is 12.6 Å². The largest absolute Gasteiger partial charge is 0.340 e. The number of nitrogens with one attached hydrogen (secondary N) is 1. The van der Waals surface area contributed by atoms with Crippen molar-refractivity contribution in [3.8, 4) is 0 Å². The third-order valence-corrected chi connectivity index (χ3v) is 3.07. The average Bonchev–Trinajstić information content (AvgIpc) is 3.13. The standard InChI is InChI=1S/C14H20N2O/c1-11(15-13-8-9-13)14(17)16(2)10-12-6-4-3-5-7-12/h3-7,11,13,15H,8-10H2,1-2H3. The molecule has 1 aliphatic rings. The van der Waals surface area contributed by atoms with Crippen LogP contribution < -0.4 is 5.32 Å². The zero-order valence-electron chi connectivity index (χ0n) is 10.5. The molecule has 0 bridgehead atoms. The van der Waals surface area contributed by atoms with Crippen molar-refractivity contribution >= 4 is 5.91 Å². The maximum Gasteiger partial charge on any atom is 0.239 e. The Balaban J connectivity index is 1.85. The molecule has 1 N–H and O–H groups in total. The second-order valence-corrected chi connectivity index (χ2v) is 4.84. The normalized spacial score (nSPS) is 16.6. The van der Waals surface area contributed by atoms with Gasteiger partial charge < -0.3 is 10.2 Å². The first-order chi connectivity index (χ1) is 8.16. The van der Waals surface area contributed by atoms with Crippen LogP contribution in [-0.4, -0.2) is 29.9 Å². The smallest absolute Gasteiger partial charge is 0.239 e. The first-order valence-electron chi connectivity index (χ1n) is 6.22. The summed E-state index contributed by atoms with van der Waals surface area (Å²) in [6.45, 7) is 2.62. The summed E-state index contributed by atoms with van der Waals surface area (Å²) < 4.78 is 0. The van der Waals surface area contributed by atoms with E-state index in [1.54, 1.807) is 4.90 Å². The topological polar surface area (TPSA) is 32.3 Å². The van der Waals surface area contributed by atoms with Crippen LogP contribution in [-0.2, 0) is 11.3 Å². The number of likely N-dealkylation sites (N-methyl/N-ethyl adjacent to an activating group) is 1. The van der Waals surface area contributed by atoms with Gasteiger partial charge in [0.2, 0.25) is 5.91 Å². The quantitative estimate of drug-likeness (QED) is 0.839. The van der Waals surface area contributed by atoms with Gasteiger partial charge in [0.15, 0.2) is 0 Å². The number of carbonyl (C=O) groups excluding carboxylic acids is 1. The lowest BCUT2D eigenvalue weighted by atomic mass is 10.2. The van der Waals surface area contributed by atoms with Crippen LogP contribution in [0.3, 0.4) is 0 Å². The number of carbonyl (C=O) groups is 1. The Kier molecular flexibility index (Phi) is 3.79. The molecule has 0 radical (unpaired) electrons. The maximum atomic E-state index is 12.1. The molecule has 1 amide bonds. The molecule has 0 spiro atoms. The molecule has 0 saturated heterocycles. The Bertz CT molecular complexity index is 373. The van der Waals surface area contributed by atoms with Gasteiger partial charge in [-0.3, -0.25) is 4.79 Å². The molecule has 17 heavy (non-hydrogen) atoms. The van der Waals surface area contributed by atoms with Crippen molar-refractivity contribution in [1.82, 2.24) is 10.2 Å². The number of rotatable bonds is 5. The van der Waals surface area contributed by atoms with E-state index < -0.39 is 0 Å². The van der Waals surface area contributed by atoms with Gasteiger partial charge in [0.25, 0.3) is 0 Å². The summed E-state index contributed by atoms with van der Waals surface area (Å²) in [5.74, 6) is 0.167. The molecule has 0 aromatic heterocycles. The van der Waals surface area contributed by atoms with Crippen LogP contribution in [0.4, 0.5) is 0 Å². The summed E-state index contributed by atoms with van der Waals surface area (Å²) in [6.07, 6.45) is 2.42. The molecular formula is C14H20N2O. The summed E-state index contributed by atoms with van der Waals surface area (Å²) in [5, 5.41) is 3.33. The van der Waals surface area contributed by atoms with Crippen molar-refractivity contribution in [1.29, 1.82) is 0 Å². The first-order valence-corrected chi connectivity index (χ1v) is 6.22. The van der Waals surface area contributed by atoms with Gasteiger partial charge >= 0.3 is 0 Å². The molecule has 1 aromatic rings. The van der Waals surface area contributed by atoms with Crippen LogP contribution in [0.5, 0.6) is 0 Å². The molecular weight excluding hydrogens is 212 g/mol. The molecule has 1 fully saturated rings. The summed E-state index contributed by atoms with van der Waals surface area (Å²) in [5.41, 5.74) is 1.17. The zero-order valence-corrected chi connectivity index (χ0v) is 10.5. The van der Waals surface area contributed by atoms with Gasteiger partial charge in [-0.25, -0.2) is 0 Å². The minimum Gasteiger partial charge on any atom is -0.340 e. The van der Waals surface area contributed by atoms with Crippen molar-refractivity contribution < 1.29 is 4.79 Å². The Morgan fingerprint density at radius 1 is 1.41 bits per heavy atom. The monoisotopic (exact) mass is 232 g/mol. The number of nitrogens with zero attached hydrogens (tertiary/aromatic N) is 1. The van der Waals surface area contributed by atoms with Crippen molar-refractivity contribution in [3.63, 3.8) is 0 Å². The van der Waals surface area contributed by atoms with Crippen molar-refractivity contribution in [2.24, 2.45) is 0 Å². The lowest BCUT2D eigenvalue weighted by Gasteiger charge is -2.22. The van der Waals surface area contributed by atoms with E-state index in [1.165, 1.54) is 18.4 Å². The van der Waals surface area contributed by atoms with Crippen molar-refractivity contribution in [2.75, 3.05) is 7.05 Å². The second kappa shape index (κ2) is 5.32. The van der Waals surface area contributed by atoms with E-state index >= 15 is 0 Å². The van der Waals surface area contributed by atoms with Crippen LogP contribution in [0.2, 0.25) is 0 Å². The van der Waals surface area contributed by atoms with E-state index in [0.717, 1.165) is 0 Å². The lowest BCUT2D eigenvalue weighted by molar-refractivity contribution is -0.132. The van der Waals surface area contributed by atoms with Crippen LogP contribution in [0, 0.1) is 0 Å². The van der Waals surface area contributed by atoms with Crippen molar-refractivity contribution in [2.45, 2.75) is 38.4 Å². The fourth-order valence-electron chi connectivity index (χ4n) is 1.94. The van der Waals surface area contributed by atoms with Gasteiger partial charge in [0.1, 0.15) is 0 Å². The molecule has 92 valence electrons. The van der Waals surface area contributed by atoms with Gasteiger partial charge in [0, 0.05) is 19.6 Å². The predicted octanol–water partition coefficient (Wildman–Crippen LogP) is 1.79. The highest BCUT2D eigenvalue weighted by Crippen LogP contribution is 2.19. The van der Waals surface area contributed by atoms with E-state index in [4.69, 9.17) is 0 Å². The van der Waals surface area contributed by atoms with Crippen LogP contribution in [0.15, 0.2) is 30.3 Å². The molecule has 3 nitrogen and oxygen atoms in total. The van der Waals surface area contributed by atoms with Crippen molar-refractivity contribution in [3.05, 3.63) is 35.9 Å². The molecule has 1 aliphatic carbocycles. The summed E-state index contributed by atoms with van der Waals surface area (Å²) in [4.78, 5) is 13.9. The molecule has 0 heterocycles. The SMILES string of the molecule is CC(NC1CC1)C(=O)N(C)Cc1ccccc1. The average molecular weight is 232 g/mol. The van der Waals surface area contributed by atoms with Crippen LogP contribution in [0.25, 0.3) is 0 Å². The summed E-state index contributed by atoms with van der Waals surface area (Å²) >= 11 is 0. The van der Waals surface area contributed by atoms with Gasteiger partial charge in [-0.05, 0) is 25.3 Å². The van der Waals surface area contributed by atoms with Gasteiger partial charge in [-0.2, -0.15) is 0 Å². The first kappa shape index (κ1) is 12.1. The Hall–Kier alpha value is -1.35. The maximum absolute atomic E-state index is 12.1. The summed E-state index contributed by atoms with van der Waals surface area (Å²) in [6, 6.07) is 10.6. The van der Waals surface area contributed by atoms with E-state index in [9.17, 15) is 4.79 Å². The van der Waals surface area contributed by atoms with E-state index in [1.807, 2.05) is 44.3 Å². The van der Waals surface area contributed by atoms with Gasteiger partial charge in [-0.1, -0.05) is 30.3 Å². The summed E-state index contributed by atoms with van der Waals surface area (Å²) in [7, 11) is 1.86. The third-order valence-electron chi connectivity index (χ3n) is 3.07. The second-order valence-electron chi connectivity index (χ2n) is 4.84. The lowest BCUT2D eigenvalue weighted by Crippen LogP contribution is -2.43. The predicted molar refractivity (Wildman–Crippen MR) is 68.5 cm³/mol. The number of hydrogen-bond donors (Lipinski definition) is 1. The van der Waals surface area contributed by atoms with Gasteiger partial charge in [0.05, 0.1) is 6.04 Å². The highest BCUT2D eigenvalue weighted by molar-refractivity contribution is 5.81. The molecule has 1 saturated carbocycles. The highest BCUT2D eigenvalue weighted by Gasteiger charge is 2.26. The molecule has 0 aliphatic heterocycles. The Morgan fingerprint density at radius 3 is 2.65 bits per heavy atom. The van der Waals surface area contributed by atoms with E-state index in [-0.39, 0.29) is 11.9 Å². The van der Waals surface area contributed by atoms with Crippen LogP contribution >= 0.6 is 0 Å². The van der Waals surface area contributed by atoms with Gasteiger partial charge in [-0.15, -0.1) is 0 Å². The fourth-order valence-corrected chi connectivity index (χ4v) is 1.94. The third kappa shape index (κ3) is 3.56. The minimum atomic E-state index is -0.0730. The highest BCUT2D eigenvalue weighted by atomic mass is 16.2. The van der Waals surface area contributed by atoms with Crippen LogP contribution in [0.1, 0.15) is 25.3 Å². The number of amides is 1. The molecule has 1 atom stereocenters.